The molecule has 3 aromatic rings. The van der Waals surface area contributed by atoms with E-state index in [0.717, 1.165) is 38.5 Å². The summed E-state index contributed by atoms with van der Waals surface area (Å²) in [5, 5.41) is 2.82. The number of carbonyl (C=O) groups is 2. The second-order valence-electron chi connectivity index (χ2n) is 17.2. The van der Waals surface area contributed by atoms with Crippen LogP contribution in [0.3, 0.4) is 0 Å². The summed E-state index contributed by atoms with van der Waals surface area (Å²) in [4.78, 5) is 33.0. The van der Waals surface area contributed by atoms with Crippen LogP contribution in [0.15, 0.2) is 48.9 Å². The molecule has 0 spiro atoms. The number of hydrogen-bond donors (Lipinski definition) is 2. The summed E-state index contributed by atoms with van der Waals surface area (Å²) in [5.41, 5.74) is 1.26. The highest BCUT2D eigenvalue weighted by molar-refractivity contribution is 6.02. The molecule has 0 saturated carbocycles. The Kier molecular flexibility index (Phi) is 29.9. The van der Waals surface area contributed by atoms with Crippen molar-refractivity contribution in [2.24, 2.45) is 0 Å². The molecular formula is C53H85N3O6. The Morgan fingerprint density at radius 1 is 0.516 bits per heavy atom. The number of H-pyrrole nitrogens is 1. The average molecular weight is 860 g/mol. The second-order valence-corrected chi connectivity index (χ2v) is 17.2. The fraction of sp³-hybridized carbons (Fsp3) is 0.679. The van der Waals surface area contributed by atoms with Gasteiger partial charge >= 0.3 is 5.97 Å². The van der Waals surface area contributed by atoms with Crippen LogP contribution < -0.4 is 24.3 Å². The lowest BCUT2D eigenvalue weighted by atomic mass is 10.1. The van der Waals surface area contributed by atoms with E-state index >= 15 is 0 Å². The molecule has 0 fully saturated rings. The number of aromatic nitrogens is 2. The summed E-state index contributed by atoms with van der Waals surface area (Å²) in [6.45, 7) is 8.43. The number of hydrogen-bond acceptors (Lipinski definition) is 7. The van der Waals surface area contributed by atoms with Crippen molar-refractivity contribution in [2.75, 3.05) is 25.1 Å². The molecular weight excluding hydrogens is 775 g/mol. The first-order valence-electron chi connectivity index (χ1n) is 25.2. The minimum absolute atomic E-state index is 0.307. The Hall–Kier alpha value is -4.01. The first-order valence-corrected chi connectivity index (χ1v) is 25.2. The monoisotopic (exact) mass is 860 g/mol. The summed E-state index contributed by atoms with van der Waals surface area (Å²) in [7, 11) is 0. The lowest BCUT2D eigenvalue weighted by Crippen LogP contribution is -2.13. The van der Waals surface area contributed by atoms with Gasteiger partial charge in [-0.1, -0.05) is 194 Å². The van der Waals surface area contributed by atoms with E-state index in [0.29, 0.717) is 59.8 Å². The van der Waals surface area contributed by atoms with Gasteiger partial charge in [-0.15, -0.1) is 0 Å². The quantitative estimate of drug-likeness (QED) is 0.0333. The van der Waals surface area contributed by atoms with Gasteiger partial charge in [0.2, 0.25) is 5.75 Å². The fourth-order valence-electron chi connectivity index (χ4n) is 7.71. The number of esters is 1. The number of anilines is 1. The molecule has 9 nitrogen and oxygen atoms in total. The zero-order valence-electron chi connectivity index (χ0n) is 39.4. The van der Waals surface area contributed by atoms with Crippen LogP contribution in [0.1, 0.15) is 234 Å². The topological polar surface area (TPSA) is 112 Å². The van der Waals surface area contributed by atoms with E-state index in [2.05, 4.69) is 36.1 Å². The van der Waals surface area contributed by atoms with Crippen LogP contribution in [0.25, 0.3) is 0 Å². The molecule has 0 bridgehead atoms. The number of unbranched alkanes of at least 4 members (excludes halogenated alkanes) is 27. The van der Waals surface area contributed by atoms with Crippen LogP contribution in [0, 0.1) is 0 Å². The molecule has 9 heteroatoms. The molecule has 2 aromatic carbocycles. The Morgan fingerprint density at radius 3 is 1.29 bits per heavy atom. The third-order valence-electron chi connectivity index (χ3n) is 11.6. The highest BCUT2D eigenvalue weighted by atomic mass is 16.5. The van der Waals surface area contributed by atoms with Crippen LogP contribution in [-0.4, -0.2) is 41.7 Å². The number of ether oxygens (including phenoxy) is 4. The van der Waals surface area contributed by atoms with E-state index in [-0.39, 0.29) is 5.91 Å². The largest absolute Gasteiger partial charge is 0.490 e. The summed E-state index contributed by atoms with van der Waals surface area (Å²) >= 11 is 0. The van der Waals surface area contributed by atoms with E-state index in [1.165, 1.54) is 167 Å². The van der Waals surface area contributed by atoms with Crippen LogP contribution in [-0.2, 0) is 0 Å². The van der Waals surface area contributed by atoms with Gasteiger partial charge in [0, 0.05) is 5.69 Å². The van der Waals surface area contributed by atoms with Gasteiger partial charge in [0.1, 0.15) is 11.4 Å². The predicted octanol–water partition coefficient (Wildman–Crippen LogP) is 15.8. The zero-order valence-corrected chi connectivity index (χ0v) is 39.4. The molecule has 0 aliphatic heterocycles. The maximum atomic E-state index is 13.8. The molecule has 1 heterocycles. The maximum Gasteiger partial charge on any atom is 0.343 e. The average Bonchev–Trinajstić information content (AvgIpc) is 3.83. The van der Waals surface area contributed by atoms with Gasteiger partial charge in [-0.3, -0.25) is 4.79 Å². The van der Waals surface area contributed by atoms with Gasteiger partial charge in [0.05, 0.1) is 37.9 Å². The Morgan fingerprint density at radius 2 is 0.903 bits per heavy atom. The van der Waals surface area contributed by atoms with E-state index in [1.54, 1.807) is 36.4 Å². The molecule has 0 aliphatic rings. The molecule has 348 valence electrons. The van der Waals surface area contributed by atoms with Crippen LogP contribution in [0.5, 0.6) is 23.0 Å². The molecule has 0 aliphatic carbocycles. The first-order chi connectivity index (χ1) is 30.5. The molecule has 0 saturated heterocycles. The number of nitrogens with one attached hydrogen (secondary N) is 2. The highest BCUT2D eigenvalue weighted by Crippen LogP contribution is 2.40. The van der Waals surface area contributed by atoms with Gasteiger partial charge in [-0.25, -0.2) is 9.78 Å². The third-order valence-corrected chi connectivity index (χ3v) is 11.6. The molecule has 3 rings (SSSR count). The summed E-state index contributed by atoms with van der Waals surface area (Å²) < 4.78 is 25.3. The maximum absolute atomic E-state index is 13.8. The zero-order chi connectivity index (χ0) is 44.1. The Balaban J connectivity index is 1.67. The second kappa shape index (κ2) is 35.5. The summed E-state index contributed by atoms with van der Waals surface area (Å²) in [6.07, 6.45) is 40.3. The van der Waals surface area contributed by atoms with E-state index < -0.39 is 5.97 Å². The molecule has 2 N–H and O–H groups in total. The standard InChI is InChI=1S/C53H85N3O6/c1-4-7-10-13-16-19-22-25-28-31-38-59-49-41-45(53(58)62-47-36-34-46(35-37-47)56-52(57)48-43-54-44-55-48)42-50(60-39-32-29-26-23-20-17-14-11-8-5-2)51(49)61-40-33-30-27-24-21-18-15-12-9-6-3/h34-37,41-44H,4-33,38-40H2,1-3H3,(H,54,55)(H,56,57). The van der Waals surface area contributed by atoms with Crippen LogP contribution in [0.4, 0.5) is 5.69 Å². The lowest BCUT2D eigenvalue weighted by Gasteiger charge is -2.19. The Bertz CT molecular complexity index is 1500. The predicted molar refractivity (Wildman–Crippen MR) is 256 cm³/mol. The van der Waals surface area contributed by atoms with Crippen LogP contribution >= 0.6 is 0 Å². The fourth-order valence-corrected chi connectivity index (χ4v) is 7.71. The van der Waals surface area contributed by atoms with Crippen molar-refractivity contribution in [3.63, 3.8) is 0 Å². The SMILES string of the molecule is CCCCCCCCCCCCOc1cc(C(=O)Oc2ccc(NC(=O)c3cnc[nH]3)cc2)cc(OCCCCCCCCCCCC)c1OCCCCCCCCCCCC. The van der Waals surface area contributed by atoms with Crippen molar-refractivity contribution >= 4 is 17.6 Å². The summed E-state index contributed by atoms with van der Waals surface area (Å²) in [6, 6.07) is 10.2. The highest BCUT2D eigenvalue weighted by Gasteiger charge is 2.21. The minimum atomic E-state index is -0.520. The van der Waals surface area contributed by atoms with Gasteiger partial charge in [-0.2, -0.15) is 0 Å². The van der Waals surface area contributed by atoms with E-state index in [1.807, 2.05) is 0 Å². The molecule has 0 unspecified atom stereocenters. The van der Waals surface area contributed by atoms with Gasteiger partial charge < -0.3 is 29.2 Å². The number of nitrogens with zero attached hydrogens (tertiary/aromatic N) is 1. The molecule has 62 heavy (non-hydrogen) atoms. The number of amides is 1. The molecule has 1 aromatic heterocycles. The normalized spacial score (nSPS) is 11.1. The number of aromatic amines is 1. The van der Waals surface area contributed by atoms with Gasteiger partial charge in [0.25, 0.3) is 5.91 Å². The third kappa shape index (κ3) is 24.0. The molecule has 0 atom stereocenters. The number of rotatable bonds is 40. The van der Waals surface area contributed by atoms with Crippen molar-refractivity contribution < 1.29 is 28.5 Å². The lowest BCUT2D eigenvalue weighted by molar-refractivity contribution is 0.0733. The Labute approximate surface area is 376 Å². The van der Waals surface area contributed by atoms with Crippen molar-refractivity contribution in [1.29, 1.82) is 0 Å². The minimum Gasteiger partial charge on any atom is -0.490 e. The molecule has 1 amide bonds. The molecule has 0 radical (unpaired) electrons. The first kappa shape index (κ1) is 52.3. The smallest absolute Gasteiger partial charge is 0.343 e. The van der Waals surface area contributed by atoms with E-state index in [4.69, 9.17) is 18.9 Å². The number of benzene rings is 2. The van der Waals surface area contributed by atoms with Crippen molar-refractivity contribution in [2.45, 2.75) is 213 Å². The van der Waals surface area contributed by atoms with Gasteiger partial charge in [0.15, 0.2) is 11.5 Å². The van der Waals surface area contributed by atoms with E-state index in [9.17, 15) is 9.59 Å². The van der Waals surface area contributed by atoms with Crippen molar-refractivity contribution in [3.8, 4) is 23.0 Å². The van der Waals surface area contributed by atoms with Gasteiger partial charge in [-0.05, 0) is 55.7 Å². The number of imidazole rings is 1. The van der Waals surface area contributed by atoms with Crippen molar-refractivity contribution in [3.05, 3.63) is 60.2 Å². The van der Waals surface area contributed by atoms with Crippen LogP contribution in [0.2, 0.25) is 0 Å². The number of carbonyl (C=O) groups excluding carboxylic acids is 2. The van der Waals surface area contributed by atoms with Crippen molar-refractivity contribution in [1.82, 2.24) is 9.97 Å². The summed E-state index contributed by atoms with van der Waals surface area (Å²) in [5.74, 6) is 1.16.